The van der Waals surface area contributed by atoms with Gasteiger partial charge in [-0.2, -0.15) is 0 Å². The van der Waals surface area contributed by atoms with E-state index in [4.69, 9.17) is 4.74 Å². The summed E-state index contributed by atoms with van der Waals surface area (Å²) in [5.74, 6) is 0.806. The normalized spacial score (nSPS) is 14.9. The Kier molecular flexibility index (Phi) is 8.36. The molecule has 1 aliphatic heterocycles. The average Bonchev–Trinajstić information content (AvgIpc) is 2.50. The number of ether oxygens (including phenoxy) is 1. The van der Waals surface area contributed by atoms with Crippen molar-refractivity contribution in [2.75, 3.05) is 31.2 Å². The Hall–Kier alpha value is -1.02. The van der Waals surface area contributed by atoms with Crippen LogP contribution in [0.3, 0.4) is 0 Å². The Morgan fingerprint density at radius 1 is 1.10 bits per heavy atom. The second-order valence-electron chi connectivity index (χ2n) is 5.51. The summed E-state index contributed by atoms with van der Waals surface area (Å²) in [4.78, 5) is 2.47. The first kappa shape index (κ1) is 17.0. The highest BCUT2D eigenvalue weighted by Crippen LogP contribution is 2.23. The van der Waals surface area contributed by atoms with Crippen LogP contribution in [-0.4, -0.2) is 26.3 Å². The van der Waals surface area contributed by atoms with Crippen LogP contribution in [0.15, 0.2) is 24.3 Å². The van der Waals surface area contributed by atoms with Crippen LogP contribution in [0.4, 0.5) is 5.69 Å². The third-order valence-electron chi connectivity index (χ3n) is 3.57. The molecule has 0 atom stereocenters. The van der Waals surface area contributed by atoms with Crippen molar-refractivity contribution >= 4 is 5.69 Å². The molecule has 1 fully saturated rings. The third kappa shape index (κ3) is 5.54. The fourth-order valence-electron chi connectivity index (χ4n) is 2.54. The maximum atomic E-state index is 5.43. The van der Waals surface area contributed by atoms with Crippen molar-refractivity contribution in [2.45, 2.75) is 47.0 Å². The highest BCUT2D eigenvalue weighted by molar-refractivity contribution is 5.54. The maximum Gasteiger partial charge on any atom is 0.0642 e. The topological polar surface area (TPSA) is 12.5 Å². The van der Waals surface area contributed by atoms with Gasteiger partial charge in [0.2, 0.25) is 0 Å². The molecule has 0 saturated carbocycles. The van der Waals surface area contributed by atoms with Gasteiger partial charge in [0.15, 0.2) is 0 Å². The van der Waals surface area contributed by atoms with E-state index < -0.39 is 0 Å². The Bertz CT molecular complexity index is 356. The Morgan fingerprint density at radius 2 is 1.75 bits per heavy atom. The molecule has 0 aliphatic carbocycles. The van der Waals surface area contributed by atoms with E-state index in [0.717, 1.165) is 32.2 Å². The molecule has 1 saturated heterocycles. The number of aryl methyl sites for hydroxylation is 1. The van der Waals surface area contributed by atoms with Crippen molar-refractivity contribution < 1.29 is 4.74 Å². The quantitative estimate of drug-likeness (QED) is 0.784. The van der Waals surface area contributed by atoms with Crippen molar-refractivity contribution in [2.24, 2.45) is 5.92 Å². The van der Waals surface area contributed by atoms with Gasteiger partial charge in [0.1, 0.15) is 0 Å². The van der Waals surface area contributed by atoms with Crippen molar-refractivity contribution in [3.05, 3.63) is 29.8 Å². The summed E-state index contributed by atoms with van der Waals surface area (Å²) in [6, 6.07) is 8.85. The minimum atomic E-state index is 0.806. The van der Waals surface area contributed by atoms with Crippen LogP contribution in [0.5, 0.6) is 0 Å². The largest absolute Gasteiger partial charge is 0.378 e. The number of hydrogen-bond donors (Lipinski definition) is 0. The molecule has 1 aromatic carbocycles. The van der Waals surface area contributed by atoms with Gasteiger partial charge in [-0.15, -0.1) is 0 Å². The van der Waals surface area contributed by atoms with Crippen LogP contribution in [0.1, 0.15) is 46.1 Å². The molecule has 0 bridgehead atoms. The molecule has 114 valence electrons. The third-order valence-corrected chi connectivity index (χ3v) is 3.57. The van der Waals surface area contributed by atoms with Crippen molar-refractivity contribution in [3.63, 3.8) is 0 Å². The van der Waals surface area contributed by atoms with Crippen LogP contribution in [-0.2, 0) is 11.2 Å². The standard InChI is InChI=1S/C16H25NO.C2H6/c1-14(2)6-5-8-15-7-3-4-9-16(15)17-10-12-18-13-11-17;1-2/h3-4,7,9,14H,5-6,8,10-13H2,1-2H3;1-2H3. The summed E-state index contributed by atoms with van der Waals surface area (Å²) in [7, 11) is 0. The van der Waals surface area contributed by atoms with Crippen LogP contribution in [0.2, 0.25) is 0 Å². The zero-order chi connectivity index (χ0) is 14.8. The molecule has 0 unspecified atom stereocenters. The summed E-state index contributed by atoms with van der Waals surface area (Å²) >= 11 is 0. The van der Waals surface area contributed by atoms with Gasteiger partial charge in [0.05, 0.1) is 13.2 Å². The monoisotopic (exact) mass is 277 g/mol. The molecule has 2 rings (SSSR count). The molecule has 1 aliphatic rings. The highest BCUT2D eigenvalue weighted by Gasteiger charge is 2.13. The van der Waals surface area contributed by atoms with Crippen molar-refractivity contribution in [1.29, 1.82) is 0 Å². The summed E-state index contributed by atoms with van der Waals surface area (Å²) in [5, 5.41) is 0. The van der Waals surface area contributed by atoms with Crippen LogP contribution in [0, 0.1) is 5.92 Å². The van der Waals surface area contributed by atoms with E-state index in [9.17, 15) is 0 Å². The van der Waals surface area contributed by atoms with Gasteiger partial charge in [-0.25, -0.2) is 0 Å². The molecular weight excluding hydrogens is 246 g/mol. The van der Waals surface area contributed by atoms with E-state index in [1.807, 2.05) is 13.8 Å². The zero-order valence-corrected chi connectivity index (χ0v) is 13.7. The highest BCUT2D eigenvalue weighted by atomic mass is 16.5. The lowest BCUT2D eigenvalue weighted by atomic mass is 10.0. The van der Waals surface area contributed by atoms with Crippen LogP contribution >= 0.6 is 0 Å². The molecule has 20 heavy (non-hydrogen) atoms. The Labute approximate surface area is 125 Å². The Balaban J connectivity index is 0.000000956. The Morgan fingerprint density at radius 3 is 2.40 bits per heavy atom. The molecule has 2 heteroatoms. The molecule has 1 aromatic rings. The maximum absolute atomic E-state index is 5.43. The fraction of sp³-hybridized carbons (Fsp3) is 0.667. The number of hydrogen-bond acceptors (Lipinski definition) is 2. The molecule has 0 spiro atoms. The second-order valence-corrected chi connectivity index (χ2v) is 5.51. The van der Waals surface area contributed by atoms with E-state index >= 15 is 0 Å². The number of para-hydroxylation sites is 1. The number of benzene rings is 1. The van der Waals surface area contributed by atoms with Gasteiger partial charge in [-0.3, -0.25) is 0 Å². The van der Waals surface area contributed by atoms with Gasteiger partial charge in [0, 0.05) is 18.8 Å². The van der Waals surface area contributed by atoms with Crippen LogP contribution < -0.4 is 4.90 Å². The minimum absolute atomic E-state index is 0.806. The van der Waals surface area contributed by atoms with E-state index in [2.05, 4.69) is 43.0 Å². The van der Waals surface area contributed by atoms with Crippen LogP contribution in [0.25, 0.3) is 0 Å². The first-order valence-corrected chi connectivity index (χ1v) is 8.18. The molecule has 1 heterocycles. The molecule has 0 N–H and O–H groups in total. The lowest BCUT2D eigenvalue weighted by molar-refractivity contribution is 0.122. The predicted molar refractivity (Wildman–Crippen MR) is 88.6 cm³/mol. The lowest BCUT2D eigenvalue weighted by Crippen LogP contribution is -2.36. The first-order chi connectivity index (χ1) is 9.77. The lowest BCUT2D eigenvalue weighted by Gasteiger charge is -2.30. The zero-order valence-electron chi connectivity index (χ0n) is 13.7. The van der Waals surface area contributed by atoms with Crippen molar-refractivity contribution in [1.82, 2.24) is 0 Å². The van der Waals surface area contributed by atoms with Gasteiger partial charge >= 0.3 is 0 Å². The van der Waals surface area contributed by atoms with E-state index in [0.29, 0.717) is 0 Å². The number of rotatable bonds is 5. The molecular formula is C18H31NO. The van der Waals surface area contributed by atoms with E-state index in [1.165, 1.54) is 30.5 Å². The summed E-state index contributed by atoms with van der Waals surface area (Å²) in [6.07, 6.45) is 3.81. The van der Waals surface area contributed by atoms with Gasteiger partial charge in [-0.05, 0) is 30.4 Å². The summed E-state index contributed by atoms with van der Waals surface area (Å²) in [6.45, 7) is 12.4. The molecule has 0 aromatic heterocycles. The SMILES string of the molecule is CC.CC(C)CCCc1ccccc1N1CCOCC1. The number of nitrogens with zero attached hydrogens (tertiary/aromatic N) is 1. The number of morpholine rings is 1. The number of anilines is 1. The van der Waals surface area contributed by atoms with Gasteiger partial charge in [-0.1, -0.05) is 52.3 Å². The summed E-state index contributed by atoms with van der Waals surface area (Å²) in [5.41, 5.74) is 2.92. The predicted octanol–water partition coefficient (Wildman–Crippen LogP) is 4.53. The smallest absolute Gasteiger partial charge is 0.0642 e. The van der Waals surface area contributed by atoms with Crippen molar-refractivity contribution in [3.8, 4) is 0 Å². The molecule has 2 nitrogen and oxygen atoms in total. The van der Waals surface area contributed by atoms with Gasteiger partial charge < -0.3 is 9.64 Å². The fourth-order valence-corrected chi connectivity index (χ4v) is 2.54. The van der Waals surface area contributed by atoms with Gasteiger partial charge in [0.25, 0.3) is 0 Å². The second kappa shape index (κ2) is 9.82. The van der Waals surface area contributed by atoms with E-state index in [1.54, 1.807) is 0 Å². The molecule has 0 amide bonds. The van der Waals surface area contributed by atoms with E-state index in [-0.39, 0.29) is 0 Å². The first-order valence-electron chi connectivity index (χ1n) is 8.18. The molecule has 0 radical (unpaired) electrons. The minimum Gasteiger partial charge on any atom is -0.378 e. The average molecular weight is 277 g/mol. The summed E-state index contributed by atoms with van der Waals surface area (Å²) < 4.78 is 5.43.